The van der Waals surface area contributed by atoms with Gasteiger partial charge < -0.3 is 15.0 Å². The Labute approximate surface area is 149 Å². The van der Waals surface area contributed by atoms with E-state index in [4.69, 9.17) is 16.3 Å². The number of ether oxygens (including phenoxy) is 1. The molecule has 1 heterocycles. The number of amides is 1. The van der Waals surface area contributed by atoms with Crippen molar-refractivity contribution in [2.24, 2.45) is 0 Å². The summed E-state index contributed by atoms with van der Waals surface area (Å²) in [5.41, 5.74) is 1.31. The van der Waals surface area contributed by atoms with E-state index >= 15 is 0 Å². The molecule has 1 aromatic heterocycles. The zero-order valence-electron chi connectivity index (χ0n) is 13.4. The Morgan fingerprint density at radius 3 is 2.68 bits per heavy atom. The monoisotopic (exact) mass is 356 g/mol. The lowest BCUT2D eigenvalue weighted by Crippen LogP contribution is -2.31. The van der Waals surface area contributed by atoms with Crippen LogP contribution < -0.4 is 15.6 Å². The number of halogens is 1. The van der Waals surface area contributed by atoms with Gasteiger partial charge >= 0.3 is 0 Å². The van der Waals surface area contributed by atoms with Crippen LogP contribution in [0.2, 0.25) is 5.02 Å². The number of carbonyl (C=O) groups excluding carboxylic acids is 1. The smallest absolute Gasteiger partial charge is 0.257 e. The minimum Gasteiger partial charge on any atom is -0.484 e. The van der Waals surface area contributed by atoms with Gasteiger partial charge in [0.2, 0.25) is 0 Å². The number of H-pyrrole nitrogens is 1. The van der Waals surface area contributed by atoms with E-state index in [1.54, 1.807) is 24.3 Å². The zero-order chi connectivity index (χ0) is 17.6. The van der Waals surface area contributed by atoms with E-state index < -0.39 is 0 Å². The predicted octanol–water partition coefficient (Wildman–Crippen LogP) is 2.92. The molecule has 0 aliphatic rings. The maximum atomic E-state index is 12.0. The number of fused-ring (bicyclic) bond motifs is 1. The van der Waals surface area contributed by atoms with Crippen molar-refractivity contribution < 1.29 is 9.53 Å². The molecule has 3 aromatic rings. The van der Waals surface area contributed by atoms with Crippen molar-refractivity contribution in [3.05, 3.63) is 75.5 Å². The van der Waals surface area contributed by atoms with Crippen LogP contribution >= 0.6 is 11.6 Å². The topological polar surface area (TPSA) is 71.2 Å². The number of aromatic nitrogens is 1. The number of carbonyl (C=O) groups is 1. The number of pyridine rings is 1. The lowest BCUT2D eigenvalue weighted by molar-refractivity contribution is -0.123. The highest BCUT2D eigenvalue weighted by molar-refractivity contribution is 6.30. The van der Waals surface area contributed by atoms with Gasteiger partial charge in [-0.25, -0.2) is 0 Å². The summed E-state index contributed by atoms with van der Waals surface area (Å²) >= 11 is 5.79. The summed E-state index contributed by atoms with van der Waals surface area (Å²) in [5.74, 6) is 0.331. The first-order valence-corrected chi connectivity index (χ1v) is 8.25. The highest BCUT2D eigenvalue weighted by atomic mass is 35.5. The van der Waals surface area contributed by atoms with Crippen molar-refractivity contribution in [3.8, 4) is 5.75 Å². The average Bonchev–Trinajstić information content (AvgIpc) is 2.61. The summed E-state index contributed by atoms with van der Waals surface area (Å²) in [4.78, 5) is 26.7. The van der Waals surface area contributed by atoms with Gasteiger partial charge in [-0.05, 0) is 48.2 Å². The van der Waals surface area contributed by atoms with Gasteiger partial charge in [0, 0.05) is 22.6 Å². The second kappa shape index (κ2) is 7.85. The van der Waals surface area contributed by atoms with Crippen LogP contribution in [0.25, 0.3) is 10.9 Å². The normalized spacial score (nSPS) is 10.6. The van der Waals surface area contributed by atoms with Gasteiger partial charge in [-0.2, -0.15) is 0 Å². The van der Waals surface area contributed by atoms with E-state index in [1.807, 2.05) is 30.3 Å². The number of aromatic amines is 1. The van der Waals surface area contributed by atoms with Crippen molar-refractivity contribution >= 4 is 28.4 Å². The summed E-state index contributed by atoms with van der Waals surface area (Å²) in [6.07, 6.45) is 0.451. The van der Waals surface area contributed by atoms with Crippen LogP contribution in [0.3, 0.4) is 0 Å². The molecule has 0 aliphatic carbocycles. The van der Waals surface area contributed by atoms with Crippen LogP contribution in [-0.2, 0) is 11.2 Å². The second-order valence-corrected chi connectivity index (χ2v) is 5.99. The molecule has 25 heavy (non-hydrogen) atoms. The molecule has 0 radical (unpaired) electrons. The highest BCUT2D eigenvalue weighted by Crippen LogP contribution is 2.15. The maximum absolute atomic E-state index is 12.0. The van der Waals surface area contributed by atoms with Gasteiger partial charge in [0.15, 0.2) is 6.61 Å². The van der Waals surface area contributed by atoms with E-state index in [0.29, 0.717) is 29.3 Å². The van der Waals surface area contributed by atoms with Crippen molar-refractivity contribution in [1.29, 1.82) is 0 Å². The summed E-state index contributed by atoms with van der Waals surface area (Å²) in [6.45, 7) is 0.278. The van der Waals surface area contributed by atoms with Crippen molar-refractivity contribution in [1.82, 2.24) is 10.3 Å². The zero-order valence-corrected chi connectivity index (χ0v) is 14.2. The molecule has 0 fully saturated rings. The van der Waals surface area contributed by atoms with Gasteiger partial charge in [0.25, 0.3) is 11.5 Å². The van der Waals surface area contributed by atoms with E-state index in [0.717, 1.165) is 10.9 Å². The number of hydrogen-bond donors (Lipinski definition) is 2. The SMILES string of the molecule is O=C(COc1ccc(Cl)cc1)NCCc1cc2ccccc2[nH]c1=O. The van der Waals surface area contributed by atoms with Crippen LogP contribution in [0.1, 0.15) is 5.56 Å². The quantitative estimate of drug-likeness (QED) is 0.713. The Morgan fingerprint density at radius 2 is 1.88 bits per heavy atom. The molecule has 5 nitrogen and oxygen atoms in total. The predicted molar refractivity (Wildman–Crippen MR) is 98.2 cm³/mol. The Balaban J connectivity index is 1.50. The van der Waals surface area contributed by atoms with E-state index in [9.17, 15) is 9.59 Å². The summed E-state index contributed by atoms with van der Waals surface area (Å²) in [7, 11) is 0. The number of nitrogens with one attached hydrogen (secondary N) is 2. The maximum Gasteiger partial charge on any atom is 0.257 e. The molecule has 0 atom stereocenters. The molecule has 2 aromatic carbocycles. The van der Waals surface area contributed by atoms with Gasteiger partial charge in [-0.3, -0.25) is 9.59 Å². The first-order chi connectivity index (χ1) is 12.1. The lowest BCUT2D eigenvalue weighted by atomic mass is 10.1. The van der Waals surface area contributed by atoms with Gasteiger partial charge in [0.1, 0.15) is 5.75 Å². The minimum atomic E-state index is -0.243. The fourth-order valence-electron chi connectivity index (χ4n) is 2.45. The van der Waals surface area contributed by atoms with E-state index in [1.165, 1.54) is 0 Å². The molecule has 0 spiro atoms. The van der Waals surface area contributed by atoms with E-state index in [2.05, 4.69) is 10.3 Å². The third kappa shape index (κ3) is 4.61. The molecule has 6 heteroatoms. The Bertz CT molecular complexity index is 935. The van der Waals surface area contributed by atoms with Gasteiger partial charge in [0.05, 0.1) is 0 Å². The molecule has 0 aliphatic heterocycles. The molecule has 3 rings (SSSR count). The fourth-order valence-corrected chi connectivity index (χ4v) is 2.57. The first kappa shape index (κ1) is 17.0. The lowest BCUT2D eigenvalue weighted by Gasteiger charge is -2.08. The van der Waals surface area contributed by atoms with E-state index in [-0.39, 0.29) is 18.1 Å². The number of para-hydroxylation sites is 1. The van der Waals surface area contributed by atoms with Crippen LogP contribution in [0.5, 0.6) is 5.75 Å². The largest absolute Gasteiger partial charge is 0.484 e. The Morgan fingerprint density at radius 1 is 1.12 bits per heavy atom. The molecular formula is C19H17ClN2O3. The third-order valence-corrected chi connectivity index (χ3v) is 3.98. The van der Waals surface area contributed by atoms with Crippen LogP contribution in [0.4, 0.5) is 0 Å². The summed E-state index contributed by atoms with van der Waals surface area (Å²) in [5, 5.41) is 4.32. The minimum absolute atomic E-state index is 0.0876. The second-order valence-electron chi connectivity index (χ2n) is 5.55. The van der Waals surface area contributed by atoms with Crippen molar-refractivity contribution in [3.63, 3.8) is 0 Å². The number of benzene rings is 2. The van der Waals surface area contributed by atoms with Crippen LogP contribution in [0.15, 0.2) is 59.4 Å². The van der Waals surface area contributed by atoms with Gasteiger partial charge in [-0.15, -0.1) is 0 Å². The Hall–Kier alpha value is -2.79. The number of hydrogen-bond acceptors (Lipinski definition) is 3. The Kier molecular flexibility index (Phi) is 5.36. The third-order valence-electron chi connectivity index (χ3n) is 3.73. The summed E-state index contributed by atoms with van der Waals surface area (Å²) < 4.78 is 5.37. The fraction of sp³-hybridized carbons (Fsp3) is 0.158. The standard InChI is InChI=1S/C19H17ClN2O3/c20-15-5-7-16(8-6-15)25-12-18(23)21-10-9-14-11-13-3-1-2-4-17(13)22-19(14)24/h1-8,11H,9-10,12H2,(H,21,23)(H,22,24). The van der Waals surface area contributed by atoms with Crippen LogP contribution in [0, 0.1) is 0 Å². The van der Waals surface area contributed by atoms with Crippen molar-refractivity contribution in [2.75, 3.05) is 13.2 Å². The molecular weight excluding hydrogens is 340 g/mol. The van der Waals surface area contributed by atoms with Gasteiger partial charge in [-0.1, -0.05) is 29.8 Å². The van der Waals surface area contributed by atoms with Crippen molar-refractivity contribution in [2.45, 2.75) is 6.42 Å². The highest BCUT2D eigenvalue weighted by Gasteiger charge is 2.05. The first-order valence-electron chi connectivity index (χ1n) is 7.88. The molecule has 0 saturated heterocycles. The molecule has 128 valence electrons. The van der Waals surface area contributed by atoms with Crippen LogP contribution in [-0.4, -0.2) is 24.0 Å². The average molecular weight is 357 g/mol. The summed E-state index contributed by atoms with van der Waals surface area (Å²) in [6, 6.07) is 16.2. The molecule has 2 N–H and O–H groups in total. The molecule has 1 amide bonds. The molecule has 0 unspecified atom stereocenters. The number of rotatable bonds is 6. The molecule has 0 bridgehead atoms. The molecule has 0 saturated carbocycles.